The highest BCUT2D eigenvalue weighted by molar-refractivity contribution is 6.66. The highest BCUT2D eigenvalue weighted by atomic mass is 35.6. The van der Waals surface area contributed by atoms with Gasteiger partial charge in [0.05, 0.1) is 17.3 Å². The van der Waals surface area contributed by atoms with Gasteiger partial charge >= 0.3 is 0 Å². The molecule has 24 heavy (non-hydrogen) atoms. The Kier molecular flexibility index (Phi) is 4.66. The average Bonchev–Trinajstić information content (AvgIpc) is 2.78. The van der Waals surface area contributed by atoms with E-state index in [0.717, 1.165) is 11.1 Å². The Labute approximate surface area is 161 Å². The molecule has 10 heteroatoms. The van der Waals surface area contributed by atoms with E-state index in [1.807, 2.05) is 0 Å². The van der Waals surface area contributed by atoms with Gasteiger partial charge in [-0.2, -0.15) is 0 Å². The Morgan fingerprint density at radius 3 is 2.00 bits per heavy atom. The monoisotopic (exact) mass is 423 g/mol. The molecule has 2 aromatic rings. The van der Waals surface area contributed by atoms with E-state index in [4.69, 9.17) is 58.0 Å². The third-order valence-corrected chi connectivity index (χ3v) is 4.28. The van der Waals surface area contributed by atoms with Crippen molar-refractivity contribution in [1.82, 2.24) is 9.97 Å². The van der Waals surface area contributed by atoms with Gasteiger partial charge in [-0.15, -0.1) is 0 Å². The zero-order valence-electron chi connectivity index (χ0n) is 11.5. The number of alkyl halides is 5. The summed E-state index contributed by atoms with van der Waals surface area (Å²) in [6.45, 7) is 0. The predicted octanol–water partition coefficient (Wildman–Crippen LogP) is 4.58. The van der Waals surface area contributed by atoms with Crippen LogP contribution in [0.1, 0.15) is 36.9 Å². The number of halogens is 5. The first-order valence-electron chi connectivity index (χ1n) is 6.42. The van der Waals surface area contributed by atoms with Crippen molar-refractivity contribution in [2.45, 2.75) is 8.63 Å². The highest BCUT2D eigenvalue weighted by Crippen LogP contribution is 2.40. The van der Waals surface area contributed by atoms with Gasteiger partial charge in [-0.3, -0.25) is 9.59 Å². The van der Waals surface area contributed by atoms with Crippen LogP contribution in [0.4, 0.5) is 5.82 Å². The van der Waals surface area contributed by atoms with Crippen molar-refractivity contribution >= 4 is 75.6 Å². The molecule has 1 aromatic heterocycles. The molecule has 124 valence electrons. The molecule has 0 atom stereocenters. The van der Waals surface area contributed by atoms with Gasteiger partial charge < -0.3 is 0 Å². The van der Waals surface area contributed by atoms with Gasteiger partial charge in [0, 0.05) is 0 Å². The van der Waals surface area contributed by atoms with Gasteiger partial charge in [0.1, 0.15) is 11.4 Å². The number of fused-ring (bicyclic) bond motifs is 1. The summed E-state index contributed by atoms with van der Waals surface area (Å²) in [5.41, 5.74) is 0.411. The Balaban J connectivity index is 2.14. The number of anilines is 1. The molecule has 0 spiro atoms. The van der Waals surface area contributed by atoms with Gasteiger partial charge in [-0.1, -0.05) is 70.1 Å². The van der Waals surface area contributed by atoms with Crippen LogP contribution in [0.5, 0.6) is 0 Å². The van der Waals surface area contributed by atoms with Crippen molar-refractivity contribution in [2.75, 3.05) is 4.90 Å². The molecule has 0 unspecified atom stereocenters. The summed E-state index contributed by atoms with van der Waals surface area (Å²) >= 11 is 29.1. The lowest BCUT2D eigenvalue weighted by molar-refractivity contribution is 0.0924. The van der Waals surface area contributed by atoms with Crippen LogP contribution in [0, 0.1) is 0 Å². The van der Waals surface area contributed by atoms with E-state index in [2.05, 4.69) is 9.97 Å². The second kappa shape index (κ2) is 6.32. The fraction of sp³-hybridized carbons (Fsp3) is 0.143. The lowest BCUT2D eigenvalue weighted by Crippen LogP contribution is -2.32. The first-order valence-corrected chi connectivity index (χ1v) is 8.42. The van der Waals surface area contributed by atoms with Crippen LogP contribution < -0.4 is 4.90 Å². The fourth-order valence-electron chi connectivity index (χ4n) is 2.23. The molecule has 0 N–H and O–H groups in total. The summed E-state index contributed by atoms with van der Waals surface area (Å²) in [6, 6.07) is 6.38. The maximum Gasteiger partial charge on any atom is 0.267 e. The second-order valence-corrected chi connectivity index (χ2v) is 8.13. The summed E-state index contributed by atoms with van der Waals surface area (Å²) in [6.07, 6.45) is 1.14. The standard InChI is InChI=1S/C14H6Cl5N3O2/c15-10(16)9-11(20-5-8(21-9)14(17,18)19)22-12(23)6-3-1-2-4-7(6)13(22)24/h1-5,10H. The van der Waals surface area contributed by atoms with E-state index in [1.54, 1.807) is 12.1 Å². The van der Waals surface area contributed by atoms with Crippen molar-refractivity contribution in [3.63, 3.8) is 0 Å². The summed E-state index contributed by atoms with van der Waals surface area (Å²) < 4.78 is -1.86. The molecule has 1 aliphatic heterocycles. The number of nitrogens with zero attached hydrogens (tertiary/aromatic N) is 3. The largest absolute Gasteiger partial charge is 0.268 e. The Bertz CT molecular complexity index is 816. The summed E-state index contributed by atoms with van der Waals surface area (Å²) in [4.78, 5) is 32.8. The van der Waals surface area contributed by atoms with Gasteiger partial charge in [0.15, 0.2) is 10.7 Å². The van der Waals surface area contributed by atoms with Crippen molar-refractivity contribution in [3.05, 3.63) is 53.0 Å². The maximum atomic E-state index is 12.5. The zero-order valence-corrected chi connectivity index (χ0v) is 15.3. The minimum Gasteiger partial charge on any atom is -0.268 e. The number of hydrogen-bond acceptors (Lipinski definition) is 4. The number of benzene rings is 1. The normalized spacial score (nSPS) is 14.5. The van der Waals surface area contributed by atoms with Crippen molar-refractivity contribution < 1.29 is 9.59 Å². The third kappa shape index (κ3) is 2.95. The van der Waals surface area contributed by atoms with Crippen molar-refractivity contribution in [1.29, 1.82) is 0 Å². The Morgan fingerprint density at radius 2 is 1.54 bits per heavy atom. The molecule has 1 aromatic carbocycles. The molecule has 1 aliphatic rings. The van der Waals surface area contributed by atoms with Gasteiger partial charge in [0.25, 0.3) is 11.8 Å². The molecule has 0 saturated carbocycles. The molecule has 0 fully saturated rings. The summed E-state index contributed by atoms with van der Waals surface area (Å²) in [5.74, 6) is -1.21. The molecule has 5 nitrogen and oxygen atoms in total. The number of carbonyl (C=O) groups is 2. The summed E-state index contributed by atoms with van der Waals surface area (Å²) in [5, 5.41) is 0. The molecule has 0 radical (unpaired) electrons. The van der Waals surface area contributed by atoms with Crippen LogP contribution in [-0.4, -0.2) is 21.8 Å². The van der Waals surface area contributed by atoms with E-state index in [0.29, 0.717) is 0 Å². The van der Waals surface area contributed by atoms with Crippen LogP contribution >= 0.6 is 58.0 Å². The van der Waals surface area contributed by atoms with E-state index in [9.17, 15) is 9.59 Å². The van der Waals surface area contributed by atoms with E-state index in [-0.39, 0.29) is 28.3 Å². The Hall–Kier alpha value is -1.11. The maximum absolute atomic E-state index is 12.5. The quantitative estimate of drug-likeness (QED) is 0.522. The van der Waals surface area contributed by atoms with Crippen LogP contribution in [0.25, 0.3) is 0 Å². The topological polar surface area (TPSA) is 63.2 Å². The third-order valence-electron chi connectivity index (χ3n) is 3.28. The highest BCUT2D eigenvalue weighted by Gasteiger charge is 2.40. The van der Waals surface area contributed by atoms with Crippen LogP contribution in [0.15, 0.2) is 30.5 Å². The van der Waals surface area contributed by atoms with Crippen LogP contribution in [-0.2, 0) is 3.79 Å². The first-order chi connectivity index (χ1) is 11.2. The van der Waals surface area contributed by atoms with Gasteiger partial charge in [-0.05, 0) is 12.1 Å². The number of carbonyl (C=O) groups excluding carboxylic acids is 2. The van der Waals surface area contributed by atoms with Crippen LogP contribution in [0.2, 0.25) is 0 Å². The molecule has 2 amide bonds. The van der Waals surface area contributed by atoms with Gasteiger partial charge in [0.2, 0.25) is 3.79 Å². The molecule has 0 bridgehead atoms. The number of rotatable bonds is 2. The minimum absolute atomic E-state index is 0.0332. The molecule has 3 rings (SSSR count). The smallest absolute Gasteiger partial charge is 0.267 e. The molecule has 2 heterocycles. The number of aromatic nitrogens is 2. The van der Waals surface area contributed by atoms with Crippen molar-refractivity contribution in [2.24, 2.45) is 0 Å². The first kappa shape index (κ1) is 17.7. The number of imide groups is 1. The van der Waals surface area contributed by atoms with E-state index < -0.39 is 20.4 Å². The fourth-order valence-corrected chi connectivity index (χ4v) is 2.80. The molecule has 0 aliphatic carbocycles. The lowest BCUT2D eigenvalue weighted by atomic mass is 10.1. The number of hydrogen-bond donors (Lipinski definition) is 0. The molecule has 0 saturated heterocycles. The molecular weight excluding hydrogens is 419 g/mol. The lowest BCUT2D eigenvalue weighted by Gasteiger charge is -2.19. The second-order valence-electron chi connectivity index (χ2n) is 4.75. The van der Waals surface area contributed by atoms with Crippen LogP contribution in [0.3, 0.4) is 0 Å². The van der Waals surface area contributed by atoms with Gasteiger partial charge in [-0.25, -0.2) is 14.9 Å². The van der Waals surface area contributed by atoms with E-state index in [1.165, 1.54) is 12.1 Å². The summed E-state index contributed by atoms with van der Waals surface area (Å²) in [7, 11) is 0. The van der Waals surface area contributed by atoms with Crippen molar-refractivity contribution in [3.8, 4) is 0 Å². The predicted molar refractivity (Wildman–Crippen MR) is 93.3 cm³/mol. The SMILES string of the molecule is O=C1c2ccccc2C(=O)N1c1ncc(C(Cl)(Cl)Cl)nc1C(Cl)Cl. The average molecular weight is 425 g/mol. The van der Waals surface area contributed by atoms with E-state index >= 15 is 0 Å². The molecular formula is C14H6Cl5N3O2. The minimum atomic E-state index is -1.86. The number of amides is 2. The zero-order chi connectivity index (χ0) is 17.6. The Morgan fingerprint density at radius 1 is 1.00 bits per heavy atom.